The number of nitrogens with one attached hydrogen (secondary N) is 1. The van der Waals surface area contributed by atoms with Gasteiger partial charge in [-0.05, 0) is 12.1 Å². The summed E-state index contributed by atoms with van der Waals surface area (Å²) in [6.07, 6.45) is 0.509. The van der Waals surface area contributed by atoms with Crippen molar-refractivity contribution in [2.24, 2.45) is 0 Å². The van der Waals surface area contributed by atoms with Gasteiger partial charge in [0.2, 0.25) is 0 Å². The van der Waals surface area contributed by atoms with E-state index in [-0.39, 0.29) is 5.78 Å². The summed E-state index contributed by atoms with van der Waals surface area (Å²) in [4.78, 5) is 14.6. The van der Waals surface area contributed by atoms with E-state index < -0.39 is 0 Å². The highest BCUT2D eigenvalue weighted by Crippen LogP contribution is 2.25. The minimum atomic E-state index is 0.119. The van der Waals surface area contributed by atoms with E-state index in [9.17, 15) is 4.79 Å². The van der Waals surface area contributed by atoms with Crippen LogP contribution in [0.1, 0.15) is 23.8 Å². The van der Waals surface area contributed by atoms with Gasteiger partial charge in [-0.2, -0.15) is 0 Å². The molecule has 0 aliphatic carbocycles. The lowest BCUT2D eigenvalue weighted by Gasteiger charge is -1.99. The number of benzene rings is 1. The Balaban J connectivity index is 2.60. The largest absolute Gasteiger partial charge is 0.495 e. The number of para-hydroxylation sites is 1. The molecule has 1 aromatic heterocycles. The molecule has 78 valence electrons. The topological polar surface area (TPSA) is 42.1 Å². The average Bonchev–Trinajstić information content (AvgIpc) is 2.71. The van der Waals surface area contributed by atoms with Crippen molar-refractivity contribution in [2.75, 3.05) is 7.11 Å². The lowest BCUT2D eigenvalue weighted by atomic mass is 10.2. The third-order valence-electron chi connectivity index (χ3n) is 2.46. The molecule has 0 aliphatic rings. The van der Waals surface area contributed by atoms with Crippen molar-refractivity contribution in [2.45, 2.75) is 13.3 Å². The highest BCUT2D eigenvalue weighted by atomic mass is 16.5. The van der Waals surface area contributed by atoms with Crippen LogP contribution in [0.3, 0.4) is 0 Å². The van der Waals surface area contributed by atoms with Crippen molar-refractivity contribution in [3.05, 3.63) is 30.0 Å². The molecular weight excluding hydrogens is 190 g/mol. The normalized spacial score (nSPS) is 10.5. The first-order valence-electron chi connectivity index (χ1n) is 4.95. The number of rotatable bonds is 3. The maximum Gasteiger partial charge on any atom is 0.178 e. The van der Waals surface area contributed by atoms with Crippen molar-refractivity contribution < 1.29 is 9.53 Å². The van der Waals surface area contributed by atoms with Gasteiger partial charge in [0.25, 0.3) is 0 Å². The smallest absolute Gasteiger partial charge is 0.178 e. The summed E-state index contributed by atoms with van der Waals surface area (Å²) in [5.74, 6) is 0.885. The summed E-state index contributed by atoms with van der Waals surface area (Å²) < 4.78 is 5.21. The molecule has 2 rings (SSSR count). The lowest BCUT2D eigenvalue weighted by Crippen LogP contribution is -1.95. The Morgan fingerprint density at radius 1 is 1.47 bits per heavy atom. The van der Waals surface area contributed by atoms with E-state index in [0.29, 0.717) is 12.1 Å². The number of carbonyl (C=O) groups excluding carboxylic acids is 1. The molecule has 0 aliphatic heterocycles. The van der Waals surface area contributed by atoms with E-state index in [4.69, 9.17) is 4.74 Å². The number of carbonyl (C=O) groups is 1. The van der Waals surface area contributed by atoms with Crippen molar-refractivity contribution >= 4 is 16.7 Å². The second kappa shape index (κ2) is 3.77. The van der Waals surface area contributed by atoms with E-state index in [1.165, 1.54) is 0 Å². The molecule has 0 bridgehead atoms. The zero-order valence-corrected chi connectivity index (χ0v) is 8.83. The second-order valence-electron chi connectivity index (χ2n) is 3.38. The molecule has 3 heteroatoms. The zero-order valence-electron chi connectivity index (χ0n) is 8.83. The Morgan fingerprint density at radius 3 is 2.93 bits per heavy atom. The number of methoxy groups -OCH3 is 1. The van der Waals surface area contributed by atoms with Crippen LogP contribution in [-0.4, -0.2) is 17.9 Å². The number of fused-ring (bicyclic) bond motifs is 1. The third kappa shape index (κ3) is 1.61. The maximum absolute atomic E-state index is 11.5. The second-order valence-corrected chi connectivity index (χ2v) is 3.38. The zero-order chi connectivity index (χ0) is 10.8. The van der Waals surface area contributed by atoms with E-state index in [2.05, 4.69) is 4.98 Å². The quantitative estimate of drug-likeness (QED) is 0.779. The summed E-state index contributed by atoms with van der Waals surface area (Å²) in [6, 6.07) is 7.61. The number of aromatic amines is 1. The van der Waals surface area contributed by atoms with Gasteiger partial charge < -0.3 is 9.72 Å². The average molecular weight is 203 g/mol. The van der Waals surface area contributed by atoms with E-state index >= 15 is 0 Å². The van der Waals surface area contributed by atoms with Crippen LogP contribution in [0, 0.1) is 0 Å². The highest BCUT2D eigenvalue weighted by molar-refractivity contribution is 6.00. The molecule has 0 saturated heterocycles. The maximum atomic E-state index is 11.5. The number of ether oxygens (including phenoxy) is 1. The summed E-state index contributed by atoms with van der Waals surface area (Å²) in [5.41, 5.74) is 1.54. The van der Waals surface area contributed by atoms with Crippen LogP contribution in [0.5, 0.6) is 5.75 Å². The molecular formula is C12H13NO2. The number of H-pyrrole nitrogens is 1. The Morgan fingerprint density at radius 2 is 2.27 bits per heavy atom. The fourth-order valence-electron chi connectivity index (χ4n) is 1.64. The molecule has 1 aromatic carbocycles. The monoisotopic (exact) mass is 203 g/mol. The van der Waals surface area contributed by atoms with Crippen molar-refractivity contribution in [3.63, 3.8) is 0 Å². The summed E-state index contributed by atoms with van der Waals surface area (Å²) in [5, 5.41) is 1.01. The molecule has 1 N–H and O–H groups in total. The summed E-state index contributed by atoms with van der Waals surface area (Å²) >= 11 is 0. The molecule has 0 amide bonds. The molecule has 0 radical (unpaired) electrons. The van der Waals surface area contributed by atoms with Crippen LogP contribution >= 0.6 is 0 Å². The molecule has 0 unspecified atom stereocenters. The van der Waals surface area contributed by atoms with Crippen LogP contribution in [0.4, 0.5) is 0 Å². The van der Waals surface area contributed by atoms with Gasteiger partial charge >= 0.3 is 0 Å². The number of hydrogen-bond acceptors (Lipinski definition) is 2. The first-order chi connectivity index (χ1) is 7.26. The predicted molar refractivity (Wildman–Crippen MR) is 59.5 cm³/mol. The van der Waals surface area contributed by atoms with Gasteiger partial charge in [0, 0.05) is 11.8 Å². The molecule has 0 saturated carbocycles. The van der Waals surface area contributed by atoms with Crippen LogP contribution in [0.2, 0.25) is 0 Å². The number of aromatic nitrogens is 1. The summed E-state index contributed by atoms with van der Waals surface area (Å²) in [7, 11) is 1.62. The van der Waals surface area contributed by atoms with Gasteiger partial charge in [0.15, 0.2) is 5.78 Å². The van der Waals surface area contributed by atoms with E-state index in [0.717, 1.165) is 16.7 Å². The van der Waals surface area contributed by atoms with Crippen LogP contribution < -0.4 is 4.74 Å². The Bertz CT molecular complexity index is 499. The standard InChI is InChI=1S/C12H13NO2/c1-3-10(14)9-7-8-5-4-6-11(15-2)12(8)13-9/h4-7,13H,3H2,1-2H3. The van der Waals surface area contributed by atoms with Gasteiger partial charge in [0.05, 0.1) is 18.3 Å². The molecule has 0 fully saturated rings. The Hall–Kier alpha value is -1.77. The van der Waals surface area contributed by atoms with Gasteiger partial charge in [0.1, 0.15) is 5.75 Å². The fraction of sp³-hybridized carbons (Fsp3) is 0.250. The predicted octanol–water partition coefficient (Wildman–Crippen LogP) is 2.77. The van der Waals surface area contributed by atoms with Gasteiger partial charge in [-0.25, -0.2) is 0 Å². The Labute approximate surface area is 88.1 Å². The molecule has 0 atom stereocenters. The minimum absolute atomic E-state index is 0.119. The van der Waals surface area contributed by atoms with E-state index in [1.54, 1.807) is 7.11 Å². The first kappa shape index (κ1) is 9.77. The molecule has 15 heavy (non-hydrogen) atoms. The molecule has 3 nitrogen and oxygen atoms in total. The number of Topliss-reactive ketones (excluding diaryl/α,β-unsaturated/α-hetero) is 1. The number of ketones is 1. The lowest BCUT2D eigenvalue weighted by molar-refractivity contribution is 0.0984. The Kier molecular flexibility index (Phi) is 2.46. The van der Waals surface area contributed by atoms with E-state index in [1.807, 2.05) is 31.2 Å². The molecule has 0 spiro atoms. The molecule has 2 aromatic rings. The van der Waals surface area contributed by atoms with Gasteiger partial charge in [-0.3, -0.25) is 4.79 Å². The molecule has 1 heterocycles. The fourth-order valence-corrected chi connectivity index (χ4v) is 1.64. The highest BCUT2D eigenvalue weighted by Gasteiger charge is 2.09. The first-order valence-corrected chi connectivity index (χ1v) is 4.95. The van der Waals surface area contributed by atoms with Crippen molar-refractivity contribution in [3.8, 4) is 5.75 Å². The van der Waals surface area contributed by atoms with Crippen molar-refractivity contribution in [1.29, 1.82) is 0 Å². The van der Waals surface area contributed by atoms with Crippen LogP contribution in [-0.2, 0) is 0 Å². The van der Waals surface area contributed by atoms with Gasteiger partial charge in [-0.1, -0.05) is 19.1 Å². The SMILES string of the molecule is CCC(=O)c1cc2cccc(OC)c2[nH]1. The van der Waals surface area contributed by atoms with Gasteiger partial charge in [-0.15, -0.1) is 0 Å². The number of hydrogen-bond donors (Lipinski definition) is 1. The van der Waals surface area contributed by atoms with Crippen LogP contribution in [0.15, 0.2) is 24.3 Å². The minimum Gasteiger partial charge on any atom is -0.495 e. The third-order valence-corrected chi connectivity index (χ3v) is 2.46. The van der Waals surface area contributed by atoms with Crippen molar-refractivity contribution in [1.82, 2.24) is 4.98 Å². The van der Waals surface area contributed by atoms with Crippen LogP contribution in [0.25, 0.3) is 10.9 Å². The summed E-state index contributed by atoms with van der Waals surface area (Å²) in [6.45, 7) is 1.85.